The number of nitrogens with one attached hydrogen (secondary N) is 1. The van der Waals surface area contributed by atoms with Crippen molar-refractivity contribution in [3.05, 3.63) is 0 Å². The summed E-state index contributed by atoms with van der Waals surface area (Å²) < 4.78 is 0. The van der Waals surface area contributed by atoms with Crippen LogP contribution in [-0.4, -0.2) is 41.9 Å². The molecule has 0 fully saturated rings. The second-order valence-electron chi connectivity index (χ2n) is 3.76. The quantitative estimate of drug-likeness (QED) is 0.505. The normalized spacial score (nSPS) is 15.5. The minimum absolute atomic E-state index is 0.292. The van der Waals surface area contributed by atoms with E-state index in [1.807, 2.05) is 11.8 Å². The number of amidine groups is 1. The van der Waals surface area contributed by atoms with E-state index in [1.165, 1.54) is 0 Å². The average Bonchev–Trinajstić information content (AvgIpc) is 2.13. The Morgan fingerprint density at radius 1 is 1.57 bits per heavy atom. The smallest absolute Gasteiger partial charge is 0.0921 e. The van der Waals surface area contributed by atoms with E-state index in [0.717, 1.165) is 12.2 Å². The molecule has 3 nitrogen and oxygen atoms in total. The maximum absolute atomic E-state index is 7.31. The zero-order valence-corrected chi connectivity index (χ0v) is 10.5. The van der Waals surface area contributed by atoms with Crippen LogP contribution in [0, 0.1) is 5.41 Å². The molecule has 14 heavy (non-hydrogen) atoms. The second kappa shape index (κ2) is 7.12. The highest BCUT2D eigenvalue weighted by molar-refractivity contribution is 7.98. The number of nitrogens with two attached hydrogens (primary N) is 1. The van der Waals surface area contributed by atoms with Crippen LogP contribution < -0.4 is 5.73 Å². The summed E-state index contributed by atoms with van der Waals surface area (Å²) in [5.74, 6) is 1.42. The molecule has 0 rings (SSSR count). The third-order valence-corrected chi connectivity index (χ3v) is 3.42. The van der Waals surface area contributed by atoms with Gasteiger partial charge in [0.15, 0.2) is 0 Å². The highest BCUT2D eigenvalue weighted by atomic mass is 32.2. The third kappa shape index (κ3) is 4.86. The van der Waals surface area contributed by atoms with Crippen LogP contribution in [0.25, 0.3) is 0 Å². The molecule has 0 bridgehead atoms. The molecule has 2 unspecified atom stereocenters. The maximum Gasteiger partial charge on any atom is 0.0921 e. The highest BCUT2D eigenvalue weighted by Crippen LogP contribution is 2.12. The van der Waals surface area contributed by atoms with Gasteiger partial charge in [0.1, 0.15) is 0 Å². The lowest BCUT2D eigenvalue weighted by Gasteiger charge is -2.32. The van der Waals surface area contributed by atoms with Gasteiger partial charge in [-0.05, 0) is 26.6 Å². The Kier molecular flexibility index (Phi) is 7.01. The van der Waals surface area contributed by atoms with Crippen molar-refractivity contribution in [2.24, 2.45) is 5.73 Å². The molecule has 4 heteroatoms. The molecule has 0 saturated heterocycles. The fourth-order valence-corrected chi connectivity index (χ4v) is 2.27. The fraction of sp³-hybridized carbons (Fsp3) is 0.900. The lowest BCUT2D eigenvalue weighted by atomic mass is 10.1. The summed E-state index contributed by atoms with van der Waals surface area (Å²) in [5, 5.41) is 7.31. The molecule has 84 valence electrons. The Morgan fingerprint density at radius 2 is 2.14 bits per heavy atom. The Morgan fingerprint density at radius 3 is 2.50 bits per heavy atom. The van der Waals surface area contributed by atoms with Crippen molar-refractivity contribution in [3.63, 3.8) is 0 Å². The predicted octanol–water partition coefficient (Wildman–Crippen LogP) is 1.77. The van der Waals surface area contributed by atoms with E-state index in [0.29, 0.717) is 24.3 Å². The van der Waals surface area contributed by atoms with Crippen molar-refractivity contribution >= 4 is 17.6 Å². The third-order valence-electron chi connectivity index (χ3n) is 2.61. The highest BCUT2D eigenvalue weighted by Gasteiger charge is 2.18. The van der Waals surface area contributed by atoms with Gasteiger partial charge in [0.2, 0.25) is 0 Å². The molecule has 0 spiro atoms. The number of hydrogen-bond donors (Lipinski definition) is 2. The van der Waals surface area contributed by atoms with Crippen molar-refractivity contribution < 1.29 is 0 Å². The number of hydrogen-bond acceptors (Lipinski definition) is 3. The molecule has 0 amide bonds. The van der Waals surface area contributed by atoms with Crippen molar-refractivity contribution in [1.82, 2.24) is 4.90 Å². The summed E-state index contributed by atoms with van der Waals surface area (Å²) in [6.45, 7) is 4.37. The van der Waals surface area contributed by atoms with E-state index in [1.54, 1.807) is 0 Å². The van der Waals surface area contributed by atoms with E-state index >= 15 is 0 Å². The molecule has 0 saturated carbocycles. The van der Waals surface area contributed by atoms with Gasteiger partial charge < -0.3 is 5.73 Å². The summed E-state index contributed by atoms with van der Waals surface area (Å²) in [7, 11) is 2.12. The number of nitrogens with zero attached hydrogens (tertiary/aromatic N) is 1. The lowest BCUT2D eigenvalue weighted by molar-refractivity contribution is 0.197. The van der Waals surface area contributed by atoms with Crippen LogP contribution in [0.15, 0.2) is 0 Å². The summed E-state index contributed by atoms with van der Waals surface area (Å²) in [6, 6.07) is 0.962. The summed E-state index contributed by atoms with van der Waals surface area (Å²) in [4.78, 5) is 2.33. The van der Waals surface area contributed by atoms with Crippen LogP contribution in [0.1, 0.15) is 26.7 Å². The summed E-state index contributed by atoms with van der Waals surface area (Å²) in [6.07, 6.45) is 3.86. The van der Waals surface area contributed by atoms with Gasteiger partial charge in [-0.25, -0.2) is 0 Å². The SMILES string of the molecule is CCC(CC(=N)N)N(C)C(C)CSC. The first-order valence-corrected chi connectivity index (χ1v) is 6.46. The van der Waals surface area contributed by atoms with Crippen molar-refractivity contribution in [2.45, 2.75) is 38.8 Å². The van der Waals surface area contributed by atoms with E-state index in [2.05, 4.69) is 32.1 Å². The van der Waals surface area contributed by atoms with Crippen LogP contribution in [0.5, 0.6) is 0 Å². The monoisotopic (exact) mass is 217 g/mol. The minimum atomic E-state index is 0.292. The van der Waals surface area contributed by atoms with Crippen molar-refractivity contribution in [3.8, 4) is 0 Å². The van der Waals surface area contributed by atoms with Gasteiger partial charge in [-0.2, -0.15) is 11.8 Å². The zero-order valence-electron chi connectivity index (χ0n) is 9.71. The molecular weight excluding hydrogens is 194 g/mol. The standard InChI is InChI=1S/C10H23N3S/c1-5-9(6-10(11)12)13(3)8(2)7-14-4/h8-9H,5-7H2,1-4H3,(H3,11,12). The van der Waals surface area contributed by atoms with Crippen molar-refractivity contribution in [1.29, 1.82) is 5.41 Å². The number of rotatable bonds is 7. The number of thioether (sulfide) groups is 1. The fourth-order valence-electron chi connectivity index (χ4n) is 1.55. The maximum atomic E-state index is 7.31. The van der Waals surface area contributed by atoms with Gasteiger partial charge in [0.05, 0.1) is 5.84 Å². The molecular formula is C10H23N3S. The lowest BCUT2D eigenvalue weighted by Crippen LogP contribution is -2.41. The minimum Gasteiger partial charge on any atom is -0.388 e. The van der Waals surface area contributed by atoms with Crippen LogP contribution in [0.3, 0.4) is 0 Å². The molecule has 0 aromatic heterocycles. The molecule has 0 heterocycles. The van der Waals surface area contributed by atoms with Crippen LogP contribution in [0.4, 0.5) is 0 Å². The van der Waals surface area contributed by atoms with Gasteiger partial charge in [0.25, 0.3) is 0 Å². The van der Waals surface area contributed by atoms with Crippen LogP contribution in [-0.2, 0) is 0 Å². The van der Waals surface area contributed by atoms with E-state index in [4.69, 9.17) is 11.1 Å². The Balaban J connectivity index is 4.14. The Bertz CT molecular complexity index is 173. The molecule has 0 radical (unpaired) electrons. The largest absolute Gasteiger partial charge is 0.388 e. The zero-order chi connectivity index (χ0) is 11.1. The van der Waals surface area contributed by atoms with Gasteiger partial charge in [-0.15, -0.1) is 0 Å². The summed E-state index contributed by atoms with van der Waals surface area (Å²) in [5.41, 5.74) is 5.43. The predicted molar refractivity (Wildman–Crippen MR) is 66.2 cm³/mol. The first kappa shape index (κ1) is 13.8. The topological polar surface area (TPSA) is 53.1 Å². The van der Waals surface area contributed by atoms with E-state index in [9.17, 15) is 0 Å². The van der Waals surface area contributed by atoms with Gasteiger partial charge in [-0.3, -0.25) is 10.3 Å². The van der Waals surface area contributed by atoms with Crippen molar-refractivity contribution in [2.75, 3.05) is 19.1 Å². The molecule has 0 aliphatic carbocycles. The van der Waals surface area contributed by atoms with Crippen LogP contribution >= 0.6 is 11.8 Å². The first-order valence-electron chi connectivity index (χ1n) is 5.06. The molecule has 0 aromatic rings. The molecule has 0 aliphatic heterocycles. The van der Waals surface area contributed by atoms with Crippen LogP contribution in [0.2, 0.25) is 0 Å². The summed E-state index contributed by atoms with van der Waals surface area (Å²) >= 11 is 1.86. The van der Waals surface area contributed by atoms with Gasteiger partial charge in [0, 0.05) is 24.3 Å². The van der Waals surface area contributed by atoms with Gasteiger partial charge in [-0.1, -0.05) is 6.92 Å². The first-order chi connectivity index (χ1) is 6.52. The Hall–Kier alpha value is -0.220. The molecule has 0 aromatic carbocycles. The van der Waals surface area contributed by atoms with E-state index in [-0.39, 0.29) is 0 Å². The van der Waals surface area contributed by atoms with Gasteiger partial charge >= 0.3 is 0 Å². The molecule has 3 N–H and O–H groups in total. The molecule has 2 atom stereocenters. The second-order valence-corrected chi connectivity index (χ2v) is 4.67. The Labute approximate surface area is 91.9 Å². The average molecular weight is 217 g/mol. The van der Waals surface area contributed by atoms with E-state index < -0.39 is 0 Å². The molecule has 0 aliphatic rings.